The van der Waals surface area contributed by atoms with Gasteiger partial charge in [0.2, 0.25) is 0 Å². The molecule has 22 heavy (non-hydrogen) atoms. The quantitative estimate of drug-likeness (QED) is 0.561. The fourth-order valence-corrected chi connectivity index (χ4v) is 4.80. The van der Waals surface area contributed by atoms with E-state index in [1.54, 1.807) is 0 Å². The lowest BCUT2D eigenvalue weighted by atomic mass is 9.94. The van der Waals surface area contributed by atoms with Crippen LogP contribution in [0.5, 0.6) is 5.75 Å². The fraction of sp³-hybridized carbons (Fsp3) is 0.368. The Morgan fingerprint density at radius 3 is 2.50 bits per heavy atom. The first-order valence-corrected chi connectivity index (χ1v) is 9.25. The smallest absolute Gasteiger partial charge is 0.122 e. The summed E-state index contributed by atoms with van der Waals surface area (Å²) >= 11 is 4.62. The van der Waals surface area contributed by atoms with E-state index in [0.717, 1.165) is 17.5 Å². The van der Waals surface area contributed by atoms with Gasteiger partial charge in [0.15, 0.2) is 0 Å². The normalized spacial score (nSPS) is 15.9. The molecule has 0 saturated heterocycles. The average molecular weight is 332 g/mol. The molecule has 2 rings (SSSR count). The molecule has 0 aromatic heterocycles. The highest BCUT2D eigenvalue weighted by Crippen LogP contribution is 2.48. The molecule has 1 N–H and O–H groups in total. The van der Waals surface area contributed by atoms with Crippen molar-refractivity contribution in [3.8, 4) is 5.75 Å². The molecule has 3 unspecified atom stereocenters. The van der Waals surface area contributed by atoms with Crippen molar-refractivity contribution in [2.75, 3.05) is 0 Å². The molecule has 0 saturated carbocycles. The largest absolute Gasteiger partial charge is 0.507 e. The molecule has 0 aliphatic heterocycles. The molecule has 2 aromatic rings. The number of hydrogen-bond acceptors (Lipinski definition) is 2. The van der Waals surface area contributed by atoms with Crippen molar-refractivity contribution >= 4 is 26.5 Å². The number of hydrogen-bond donors (Lipinski definition) is 2. The van der Waals surface area contributed by atoms with Gasteiger partial charge in [0.25, 0.3) is 0 Å². The van der Waals surface area contributed by atoms with Gasteiger partial charge in [-0.2, -0.15) is 12.6 Å². The standard InChI is InChI=1S/C19H25OPS/c1-5-19(4,16-11-8-9-13(2)18(16)20)21-17-12-7-6-10-15(17)14(3)22/h6-12,14,20-22H,5H2,1-4H3. The number of aryl methyl sites for hydroxylation is 1. The van der Waals surface area contributed by atoms with E-state index in [4.69, 9.17) is 0 Å². The second-order valence-corrected chi connectivity index (χ2v) is 8.71. The van der Waals surface area contributed by atoms with Crippen LogP contribution >= 0.6 is 21.2 Å². The van der Waals surface area contributed by atoms with E-state index in [2.05, 4.69) is 63.7 Å². The van der Waals surface area contributed by atoms with E-state index in [1.807, 2.05) is 19.1 Å². The van der Waals surface area contributed by atoms with Crippen LogP contribution in [0.3, 0.4) is 0 Å². The van der Waals surface area contributed by atoms with Crippen LogP contribution in [0, 0.1) is 6.92 Å². The summed E-state index contributed by atoms with van der Waals surface area (Å²) < 4.78 is 0. The minimum Gasteiger partial charge on any atom is -0.507 e. The summed E-state index contributed by atoms with van der Waals surface area (Å²) in [6, 6.07) is 14.6. The third kappa shape index (κ3) is 3.50. The Hall–Kier alpha value is -0.980. The Balaban J connectivity index is 2.46. The molecule has 0 fully saturated rings. The van der Waals surface area contributed by atoms with Gasteiger partial charge in [0, 0.05) is 16.0 Å². The summed E-state index contributed by atoms with van der Waals surface area (Å²) in [5.74, 6) is 0.441. The van der Waals surface area contributed by atoms with Gasteiger partial charge in [-0.25, -0.2) is 0 Å². The molecule has 0 aliphatic rings. The molecule has 118 valence electrons. The van der Waals surface area contributed by atoms with Crippen molar-refractivity contribution in [1.29, 1.82) is 0 Å². The zero-order chi connectivity index (χ0) is 16.3. The molecule has 0 spiro atoms. The highest BCUT2D eigenvalue weighted by atomic mass is 32.1. The van der Waals surface area contributed by atoms with E-state index in [0.29, 0.717) is 14.3 Å². The zero-order valence-corrected chi connectivity index (χ0v) is 15.6. The van der Waals surface area contributed by atoms with Crippen LogP contribution < -0.4 is 5.30 Å². The predicted octanol–water partition coefficient (Wildman–Crippen LogP) is 5.32. The van der Waals surface area contributed by atoms with E-state index in [-0.39, 0.29) is 10.4 Å². The van der Waals surface area contributed by atoms with Crippen molar-refractivity contribution < 1.29 is 5.11 Å². The van der Waals surface area contributed by atoms with Gasteiger partial charge in [-0.05, 0) is 36.7 Å². The van der Waals surface area contributed by atoms with Gasteiger partial charge in [0.1, 0.15) is 5.75 Å². The van der Waals surface area contributed by atoms with Gasteiger partial charge in [-0.1, -0.05) is 64.9 Å². The average Bonchev–Trinajstić information content (AvgIpc) is 2.50. The number of thiol groups is 1. The molecule has 3 atom stereocenters. The van der Waals surface area contributed by atoms with Crippen LogP contribution in [0.2, 0.25) is 0 Å². The summed E-state index contributed by atoms with van der Waals surface area (Å²) in [6.07, 6.45) is 0.984. The predicted molar refractivity (Wildman–Crippen MR) is 102 cm³/mol. The van der Waals surface area contributed by atoms with Gasteiger partial charge < -0.3 is 5.11 Å². The lowest BCUT2D eigenvalue weighted by Gasteiger charge is -2.31. The number of phenolic OH excluding ortho intramolecular Hbond substituents is 1. The molecular formula is C19H25OPS. The number of phenols is 1. The lowest BCUT2D eigenvalue weighted by Crippen LogP contribution is -2.20. The maximum atomic E-state index is 10.5. The van der Waals surface area contributed by atoms with Crippen LogP contribution in [0.25, 0.3) is 0 Å². The molecular weight excluding hydrogens is 307 g/mol. The second kappa shape index (κ2) is 7.06. The van der Waals surface area contributed by atoms with E-state index < -0.39 is 0 Å². The molecule has 1 nitrogen and oxygen atoms in total. The van der Waals surface area contributed by atoms with Gasteiger partial charge >= 0.3 is 0 Å². The molecule has 0 amide bonds. The molecule has 0 radical (unpaired) electrons. The Labute approximate surface area is 141 Å². The summed E-state index contributed by atoms with van der Waals surface area (Å²) in [7, 11) is 0.601. The molecule has 0 bridgehead atoms. The first kappa shape index (κ1) is 17.4. The van der Waals surface area contributed by atoms with E-state index in [1.165, 1.54) is 10.9 Å². The summed E-state index contributed by atoms with van der Waals surface area (Å²) in [5.41, 5.74) is 3.28. The van der Waals surface area contributed by atoms with Crippen LogP contribution in [-0.2, 0) is 5.16 Å². The Morgan fingerprint density at radius 1 is 1.18 bits per heavy atom. The minimum absolute atomic E-state index is 0.0606. The first-order valence-electron chi connectivity index (χ1n) is 7.73. The molecule has 3 heteroatoms. The van der Waals surface area contributed by atoms with Crippen molar-refractivity contribution in [3.05, 3.63) is 59.2 Å². The Morgan fingerprint density at radius 2 is 1.86 bits per heavy atom. The summed E-state index contributed by atoms with van der Waals surface area (Å²) in [6.45, 7) is 8.52. The van der Waals surface area contributed by atoms with E-state index >= 15 is 0 Å². The highest BCUT2D eigenvalue weighted by Gasteiger charge is 2.29. The second-order valence-electron chi connectivity index (χ2n) is 6.04. The van der Waals surface area contributed by atoms with Crippen LogP contribution in [0.15, 0.2) is 42.5 Å². The van der Waals surface area contributed by atoms with Crippen molar-refractivity contribution in [3.63, 3.8) is 0 Å². The highest BCUT2D eigenvalue weighted by molar-refractivity contribution is 7.80. The van der Waals surface area contributed by atoms with Crippen LogP contribution in [-0.4, -0.2) is 5.11 Å². The first-order chi connectivity index (χ1) is 10.4. The fourth-order valence-electron chi connectivity index (χ4n) is 2.72. The van der Waals surface area contributed by atoms with Gasteiger partial charge in [-0.3, -0.25) is 0 Å². The van der Waals surface area contributed by atoms with Crippen molar-refractivity contribution in [1.82, 2.24) is 0 Å². The van der Waals surface area contributed by atoms with Crippen LogP contribution in [0.1, 0.15) is 49.1 Å². The van der Waals surface area contributed by atoms with E-state index in [9.17, 15) is 5.11 Å². The SMILES string of the molecule is CCC(C)(Pc1ccccc1C(C)S)c1cccc(C)c1O. The maximum absolute atomic E-state index is 10.5. The molecule has 0 aliphatic carbocycles. The van der Waals surface area contributed by atoms with Gasteiger partial charge in [-0.15, -0.1) is 0 Å². The van der Waals surface area contributed by atoms with Gasteiger partial charge in [0.05, 0.1) is 0 Å². The Bertz CT molecular complexity index is 654. The maximum Gasteiger partial charge on any atom is 0.122 e. The molecule has 2 aromatic carbocycles. The van der Waals surface area contributed by atoms with Crippen molar-refractivity contribution in [2.24, 2.45) is 0 Å². The number of rotatable bonds is 5. The van der Waals surface area contributed by atoms with Crippen molar-refractivity contribution in [2.45, 2.75) is 44.5 Å². The third-order valence-corrected chi connectivity index (χ3v) is 6.54. The zero-order valence-electron chi connectivity index (χ0n) is 13.7. The third-order valence-electron chi connectivity index (χ3n) is 4.36. The lowest BCUT2D eigenvalue weighted by molar-refractivity contribution is 0.452. The number of benzene rings is 2. The Kier molecular flexibility index (Phi) is 5.58. The monoisotopic (exact) mass is 332 g/mol. The summed E-state index contributed by atoms with van der Waals surface area (Å²) in [4.78, 5) is 0. The topological polar surface area (TPSA) is 20.2 Å². The molecule has 0 heterocycles. The summed E-state index contributed by atoms with van der Waals surface area (Å²) in [5, 5.41) is 12.0. The minimum atomic E-state index is -0.0606. The number of para-hydroxylation sites is 1. The number of aromatic hydroxyl groups is 1. The van der Waals surface area contributed by atoms with Crippen LogP contribution in [0.4, 0.5) is 0 Å².